The number of hydrogen-bond acceptors (Lipinski definition) is 6. The molecule has 134 valence electrons. The molecule has 8 nitrogen and oxygen atoms in total. The molecule has 1 aromatic carbocycles. The SMILES string of the molecule is C=C(C(=O)Nc1ccn(C[C@@H](O)CO)n1)c1ccc(S(C)(=O)=O)cc1. The van der Waals surface area contributed by atoms with E-state index in [0.717, 1.165) is 6.26 Å². The molecule has 25 heavy (non-hydrogen) atoms. The highest BCUT2D eigenvalue weighted by Crippen LogP contribution is 2.18. The van der Waals surface area contributed by atoms with Crippen LogP contribution in [0.2, 0.25) is 0 Å². The molecule has 0 aliphatic rings. The standard InChI is InChI=1S/C16H19N3O5S/c1-11(12-3-5-14(6-4-12)25(2,23)24)16(22)17-15-7-8-19(18-15)9-13(21)10-20/h3-8,13,20-21H,1,9-10H2,2H3,(H,17,18,22)/t13-/m1/s1. The van der Waals surface area contributed by atoms with Gasteiger partial charge in [0, 0.05) is 24.1 Å². The molecule has 3 N–H and O–H groups in total. The predicted molar refractivity (Wildman–Crippen MR) is 92.5 cm³/mol. The van der Waals surface area contributed by atoms with E-state index in [9.17, 15) is 18.3 Å². The van der Waals surface area contributed by atoms with Crippen molar-refractivity contribution in [3.8, 4) is 0 Å². The van der Waals surface area contributed by atoms with Crippen LogP contribution in [0.15, 0.2) is 48.0 Å². The molecule has 0 spiro atoms. The summed E-state index contributed by atoms with van der Waals surface area (Å²) in [5, 5.41) is 24.8. The Morgan fingerprint density at radius 1 is 1.32 bits per heavy atom. The Balaban J connectivity index is 2.04. The van der Waals surface area contributed by atoms with Gasteiger partial charge in [-0.3, -0.25) is 9.48 Å². The van der Waals surface area contributed by atoms with Crippen LogP contribution >= 0.6 is 0 Å². The molecule has 2 aromatic rings. The zero-order chi connectivity index (χ0) is 18.6. The van der Waals surface area contributed by atoms with Crippen molar-refractivity contribution in [2.75, 3.05) is 18.2 Å². The molecule has 1 aromatic heterocycles. The predicted octanol–water partition coefficient (Wildman–Crippen LogP) is 0.292. The van der Waals surface area contributed by atoms with Crippen molar-refractivity contribution in [3.05, 3.63) is 48.7 Å². The lowest BCUT2D eigenvalue weighted by molar-refractivity contribution is -0.111. The molecule has 0 radical (unpaired) electrons. The Labute approximate surface area is 145 Å². The first-order valence-electron chi connectivity index (χ1n) is 7.34. The number of nitrogens with zero attached hydrogens (tertiary/aromatic N) is 2. The summed E-state index contributed by atoms with van der Waals surface area (Å²) in [5.74, 6) is -0.218. The van der Waals surface area contributed by atoms with Gasteiger partial charge in [0.25, 0.3) is 5.91 Å². The highest BCUT2D eigenvalue weighted by atomic mass is 32.2. The summed E-state index contributed by atoms with van der Waals surface area (Å²) >= 11 is 0. The third-order valence-electron chi connectivity index (χ3n) is 3.40. The van der Waals surface area contributed by atoms with Crippen LogP contribution in [0, 0.1) is 0 Å². The van der Waals surface area contributed by atoms with E-state index in [0.29, 0.717) is 5.56 Å². The van der Waals surface area contributed by atoms with Crippen LogP contribution in [-0.4, -0.2) is 53.3 Å². The van der Waals surface area contributed by atoms with E-state index in [-0.39, 0.29) is 29.4 Å². The molecule has 0 saturated heterocycles. The minimum Gasteiger partial charge on any atom is -0.394 e. The van der Waals surface area contributed by atoms with Crippen LogP contribution in [0.25, 0.3) is 5.57 Å². The molecule has 2 rings (SSSR count). The number of aliphatic hydroxyl groups is 2. The van der Waals surface area contributed by atoms with Crippen LogP contribution < -0.4 is 5.32 Å². The Hall–Kier alpha value is -2.49. The Morgan fingerprint density at radius 3 is 2.52 bits per heavy atom. The number of sulfone groups is 1. The lowest BCUT2D eigenvalue weighted by Crippen LogP contribution is -2.20. The van der Waals surface area contributed by atoms with Gasteiger partial charge in [0.05, 0.1) is 24.2 Å². The van der Waals surface area contributed by atoms with Crippen molar-refractivity contribution in [2.24, 2.45) is 0 Å². The molecule has 9 heteroatoms. The molecule has 0 saturated carbocycles. The number of carbonyl (C=O) groups excluding carboxylic acids is 1. The second-order valence-electron chi connectivity index (χ2n) is 5.49. The highest BCUT2D eigenvalue weighted by Gasteiger charge is 2.13. The van der Waals surface area contributed by atoms with Gasteiger partial charge in [0.1, 0.15) is 0 Å². The van der Waals surface area contributed by atoms with E-state index in [4.69, 9.17) is 5.11 Å². The molecule has 1 atom stereocenters. The lowest BCUT2D eigenvalue weighted by atomic mass is 10.1. The van der Waals surface area contributed by atoms with Crippen molar-refractivity contribution < 1.29 is 23.4 Å². The second kappa shape index (κ2) is 7.60. The van der Waals surface area contributed by atoms with Crippen LogP contribution in [0.3, 0.4) is 0 Å². The molecule has 0 aliphatic carbocycles. The van der Waals surface area contributed by atoms with Crippen LogP contribution in [0.4, 0.5) is 5.82 Å². The monoisotopic (exact) mass is 365 g/mol. The van der Waals surface area contributed by atoms with Gasteiger partial charge in [0.15, 0.2) is 15.7 Å². The number of benzene rings is 1. The molecule has 0 unspecified atom stereocenters. The molecule has 0 bridgehead atoms. The fourth-order valence-electron chi connectivity index (χ4n) is 2.03. The third kappa shape index (κ3) is 4.99. The topological polar surface area (TPSA) is 122 Å². The van der Waals surface area contributed by atoms with Crippen molar-refractivity contribution in [1.82, 2.24) is 9.78 Å². The van der Waals surface area contributed by atoms with Crippen molar-refractivity contribution in [1.29, 1.82) is 0 Å². The van der Waals surface area contributed by atoms with Gasteiger partial charge in [0.2, 0.25) is 0 Å². The first kappa shape index (κ1) is 18.8. The zero-order valence-corrected chi connectivity index (χ0v) is 14.4. The summed E-state index contributed by atoms with van der Waals surface area (Å²) in [6, 6.07) is 7.38. The van der Waals surface area contributed by atoms with E-state index in [1.54, 1.807) is 12.3 Å². The van der Waals surface area contributed by atoms with Gasteiger partial charge in [-0.15, -0.1) is 0 Å². The summed E-state index contributed by atoms with van der Waals surface area (Å²) in [4.78, 5) is 12.4. The van der Waals surface area contributed by atoms with E-state index in [1.165, 1.54) is 28.9 Å². The Morgan fingerprint density at radius 2 is 1.96 bits per heavy atom. The van der Waals surface area contributed by atoms with Gasteiger partial charge in [-0.05, 0) is 17.7 Å². The average Bonchev–Trinajstić information content (AvgIpc) is 3.00. The quantitative estimate of drug-likeness (QED) is 0.607. The van der Waals surface area contributed by atoms with E-state index >= 15 is 0 Å². The fourth-order valence-corrected chi connectivity index (χ4v) is 2.66. The van der Waals surface area contributed by atoms with Gasteiger partial charge in [-0.25, -0.2) is 8.42 Å². The van der Waals surface area contributed by atoms with Crippen LogP contribution in [0.1, 0.15) is 5.56 Å². The number of nitrogens with one attached hydrogen (secondary N) is 1. The van der Waals surface area contributed by atoms with Gasteiger partial charge < -0.3 is 15.5 Å². The number of anilines is 1. The summed E-state index contributed by atoms with van der Waals surface area (Å²) in [6.07, 6.45) is 1.72. The molecule has 0 fully saturated rings. The van der Waals surface area contributed by atoms with E-state index in [2.05, 4.69) is 17.0 Å². The van der Waals surface area contributed by atoms with E-state index in [1.807, 2.05) is 0 Å². The normalized spacial score (nSPS) is 12.6. The van der Waals surface area contributed by atoms with Gasteiger partial charge in [-0.1, -0.05) is 18.7 Å². The summed E-state index contributed by atoms with van der Waals surface area (Å²) < 4.78 is 24.3. The number of amides is 1. The number of aromatic nitrogens is 2. The lowest BCUT2D eigenvalue weighted by Gasteiger charge is -2.08. The average molecular weight is 365 g/mol. The molecular formula is C16H19N3O5S. The highest BCUT2D eigenvalue weighted by molar-refractivity contribution is 7.90. The molecule has 0 aliphatic heterocycles. The summed E-state index contributed by atoms with van der Waals surface area (Å²) in [7, 11) is -3.30. The van der Waals surface area contributed by atoms with Crippen molar-refractivity contribution in [3.63, 3.8) is 0 Å². The number of aliphatic hydroxyl groups excluding tert-OH is 2. The maximum Gasteiger partial charge on any atom is 0.256 e. The second-order valence-corrected chi connectivity index (χ2v) is 7.50. The zero-order valence-electron chi connectivity index (χ0n) is 13.6. The van der Waals surface area contributed by atoms with E-state index < -0.39 is 21.8 Å². The maximum atomic E-state index is 12.2. The first-order valence-corrected chi connectivity index (χ1v) is 9.23. The first-order chi connectivity index (χ1) is 11.7. The van der Waals surface area contributed by atoms with Crippen molar-refractivity contribution in [2.45, 2.75) is 17.5 Å². The summed E-state index contributed by atoms with van der Waals surface area (Å²) in [5.41, 5.74) is 0.644. The molecule has 1 heterocycles. The number of carbonyl (C=O) groups is 1. The molecule has 1 amide bonds. The minimum atomic E-state index is -3.30. The van der Waals surface area contributed by atoms with Crippen LogP contribution in [0.5, 0.6) is 0 Å². The van der Waals surface area contributed by atoms with Crippen LogP contribution in [-0.2, 0) is 21.2 Å². The largest absolute Gasteiger partial charge is 0.394 e. The third-order valence-corrected chi connectivity index (χ3v) is 4.52. The minimum absolute atomic E-state index is 0.0975. The number of hydrogen-bond donors (Lipinski definition) is 3. The summed E-state index contributed by atoms with van der Waals surface area (Å²) in [6.45, 7) is 3.42. The fraction of sp³-hybridized carbons (Fsp3) is 0.250. The number of rotatable bonds is 7. The molecular weight excluding hydrogens is 346 g/mol. The van der Waals surface area contributed by atoms with Gasteiger partial charge >= 0.3 is 0 Å². The Kier molecular flexibility index (Phi) is 5.73. The Bertz CT molecular complexity index is 871. The maximum absolute atomic E-state index is 12.2. The van der Waals surface area contributed by atoms with Gasteiger partial charge in [-0.2, -0.15) is 5.10 Å². The van der Waals surface area contributed by atoms with Crippen molar-refractivity contribution >= 4 is 27.1 Å². The smallest absolute Gasteiger partial charge is 0.256 e.